The molecule has 0 unspecified atom stereocenters. The van der Waals surface area contributed by atoms with Crippen LogP contribution in [0, 0.1) is 0 Å². The molecule has 11 heavy (non-hydrogen) atoms. The predicted molar refractivity (Wildman–Crippen MR) is 51.0 cm³/mol. The second-order valence-corrected chi connectivity index (χ2v) is 3.61. The molecule has 2 rings (SSSR count). The highest BCUT2D eigenvalue weighted by Crippen LogP contribution is 2.35. The first kappa shape index (κ1) is 7.32. The Morgan fingerprint density at radius 3 is 3.09 bits per heavy atom. The molecule has 0 aliphatic carbocycles. The van der Waals surface area contributed by atoms with E-state index < -0.39 is 0 Å². The molecule has 0 saturated heterocycles. The van der Waals surface area contributed by atoms with E-state index in [1.807, 2.05) is 18.3 Å². The summed E-state index contributed by atoms with van der Waals surface area (Å²) in [6.45, 7) is 0. The van der Waals surface area contributed by atoms with E-state index in [9.17, 15) is 0 Å². The Bertz CT molecular complexity index is 333. The lowest BCUT2D eigenvalue weighted by Crippen LogP contribution is -1.81. The fourth-order valence-electron chi connectivity index (χ4n) is 1.13. The Hall–Kier alpha value is -0.340. The van der Waals surface area contributed by atoms with Crippen molar-refractivity contribution in [1.29, 1.82) is 0 Å². The summed E-state index contributed by atoms with van der Waals surface area (Å²) >= 11 is 9.37. The SMILES string of the molecule is Clc1c(Br)ccc2c1CC=N2. The van der Waals surface area contributed by atoms with Crippen molar-refractivity contribution in [3.8, 4) is 0 Å². The number of hydrogen-bond acceptors (Lipinski definition) is 1. The molecule has 0 bridgehead atoms. The molecule has 3 heteroatoms. The summed E-state index contributed by atoms with van der Waals surface area (Å²) in [6.07, 6.45) is 2.73. The summed E-state index contributed by atoms with van der Waals surface area (Å²) in [5.41, 5.74) is 2.12. The van der Waals surface area contributed by atoms with E-state index in [-0.39, 0.29) is 0 Å². The molecule has 0 fully saturated rings. The van der Waals surface area contributed by atoms with Gasteiger partial charge in [0, 0.05) is 22.7 Å². The number of aliphatic imine (C=N–C) groups is 1. The number of hydrogen-bond donors (Lipinski definition) is 0. The molecule has 1 aliphatic rings. The van der Waals surface area contributed by atoms with Crippen LogP contribution in [0.1, 0.15) is 5.56 Å². The zero-order valence-electron chi connectivity index (χ0n) is 5.64. The molecular weight excluding hydrogens is 225 g/mol. The first-order valence-electron chi connectivity index (χ1n) is 3.28. The largest absolute Gasteiger partial charge is 0.261 e. The van der Waals surface area contributed by atoms with Gasteiger partial charge in [0.15, 0.2) is 0 Å². The zero-order chi connectivity index (χ0) is 7.84. The fraction of sp³-hybridized carbons (Fsp3) is 0.125. The molecule has 1 aromatic rings. The lowest BCUT2D eigenvalue weighted by Gasteiger charge is -2.01. The van der Waals surface area contributed by atoms with Gasteiger partial charge in [-0.05, 0) is 28.1 Å². The molecule has 1 aromatic carbocycles. The maximum Gasteiger partial charge on any atom is 0.0677 e. The Morgan fingerprint density at radius 2 is 2.27 bits per heavy atom. The Morgan fingerprint density at radius 1 is 1.45 bits per heavy atom. The van der Waals surface area contributed by atoms with Gasteiger partial charge in [0.1, 0.15) is 0 Å². The minimum absolute atomic E-state index is 0.792. The molecule has 0 N–H and O–H groups in total. The standard InChI is InChI=1S/C8H5BrClN/c9-6-1-2-7-5(8(6)10)3-4-11-7/h1-2,4H,3H2. The monoisotopic (exact) mass is 229 g/mol. The molecule has 0 aromatic heterocycles. The van der Waals surface area contributed by atoms with Crippen LogP contribution < -0.4 is 0 Å². The molecule has 0 radical (unpaired) electrons. The summed E-state index contributed by atoms with van der Waals surface area (Å²) in [6, 6.07) is 3.89. The average molecular weight is 230 g/mol. The minimum atomic E-state index is 0.792. The number of benzene rings is 1. The Labute approximate surface area is 78.2 Å². The normalized spacial score (nSPS) is 13.6. The highest BCUT2D eigenvalue weighted by Gasteiger charge is 2.11. The first-order chi connectivity index (χ1) is 5.29. The van der Waals surface area contributed by atoms with Crippen LogP contribution in [0.15, 0.2) is 21.6 Å². The smallest absolute Gasteiger partial charge is 0.0677 e. The molecule has 0 amide bonds. The number of rotatable bonds is 0. The van der Waals surface area contributed by atoms with Crippen LogP contribution in [-0.2, 0) is 6.42 Å². The zero-order valence-corrected chi connectivity index (χ0v) is 7.98. The third-order valence-corrected chi connectivity index (χ3v) is 3.02. The van der Waals surface area contributed by atoms with E-state index in [1.54, 1.807) is 0 Å². The Kier molecular flexibility index (Phi) is 1.74. The van der Waals surface area contributed by atoms with Crippen LogP contribution >= 0.6 is 27.5 Å². The third-order valence-electron chi connectivity index (χ3n) is 1.70. The van der Waals surface area contributed by atoms with Crippen LogP contribution in [0.25, 0.3) is 0 Å². The second kappa shape index (κ2) is 2.61. The van der Waals surface area contributed by atoms with Crippen molar-refractivity contribution in [3.63, 3.8) is 0 Å². The van der Waals surface area contributed by atoms with E-state index in [0.717, 1.165) is 27.2 Å². The summed E-state index contributed by atoms with van der Waals surface area (Å²) in [5.74, 6) is 0. The van der Waals surface area contributed by atoms with E-state index in [4.69, 9.17) is 11.6 Å². The van der Waals surface area contributed by atoms with E-state index in [0.29, 0.717) is 0 Å². The summed E-state index contributed by atoms with van der Waals surface area (Å²) in [7, 11) is 0. The fourth-order valence-corrected chi connectivity index (χ4v) is 1.74. The second-order valence-electron chi connectivity index (χ2n) is 2.37. The lowest BCUT2D eigenvalue weighted by molar-refractivity contribution is 1.40. The van der Waals surface area contributed by atoms with Gasteiger partial charge in [-0.3, -0.25) is 4.99 Å². The number of halogens is 2. The van der Waals surface area contributed by atoms with Gasteiger partial charge in [-0.15, -0.1) is 0 Å². The first-order valence-corrected chi connectivity index (χ1v) is 4.45. The highest BCUT2D eigenvalue weighted by molar-refractivity contribution is 9.10. The van der Waals surface area contributed by atoms with Gasteiger partial charge in [-0.2, -0.15) is 0 Å². The van der Waals surface area contributed by atoms with Crippen molar-refractivity contribution < 1.29 is 0 Å². The van der Waals surface area contributed by atoms with Gasteiger partial charge in [0.05, 0.1) is 10.7 Å². The maximum atomic E-state index is 6.01. The average Bonchev–Trinajstić information content (AvgIpc) is 2.45. The molecule has 1 nitrogen and oxygen atoms in total. The molecule has 1 heterocycles. The van der Waals surface area contributed by atoms with Gasteiger partial charge >= 0.3 is 0 Å². The van der Waals surface area contributed by atoms with Gasteiger partial charge in [-0.25, -0.2) is 0 Å². The van der Waals surface area contributed by atoms with Gasteiger partial charge in [-0.1, -0.05) is 11.6 Å². The van der Waals surface area contributed by atoms with Crippen LogP contribution in [0.2, 0.25) is 5.02 Å². The number of nitrogens with zero attached hydrogens (tertiary/aromatic N) is 1. The minimum Gasteiger partial charge on any atom is -0.261 e. The molecule has 0 spiro atoms. The van der Waals surface area contributed by atoms with Gasteiger partial charge in [0.25, 0.3) is 0 Å². The molecule has 0 atom stereocenters. The van der Waals surface area contributed by atoms with Crippen molar-refractivity contribution >= 4 is 39.4 Å². The van der Waals surface area contributed by atoms with Crippen LogP contribution in [0.5, 0.6) is 0 Å². The van der Waals surface area contributed by atoms with Gasteiger partial charge in [0.2, 0.25) is 0 Å². The van der Waals surface area contributed by atoms with E-state index in [2.05, 4.69) is 20.9 Å². The molecule has 56 valence electrons. The number of fused-ring (bicyclic) bond motifs is 1. The van der Waals surface area contributed by atoms with Crippen molar-refractivity contribution in [2.24, 2.45) is 4.99 Å². The predicted octanol–water partition coefficient (Wildman–Crippen LogP) is 3.36. The van der Waals surface area contributed by atoms with Crippen molar-refractivity contribution in [2.75, 3.05) is 0 Å². The quantitative estimate of drug-likeness (QED) is 0.648. The van der Waals surface area contributed by atoms with Crippen molar-refractivity contribution in [3.05, 3.63) is 27.2 Å². The van der Waals surface area contributed by atoms with Crippen LogP contribution in [0.4, 0.5) is 5.69 Å². The lowest BCUT2D eigenvalue weighted by atomic mass is 10.2. The van der Waals surface area contributed by atoms with Crippen molar-refractivity contribution in [1.82, 2.24) is 0 Å². The maximum absolute atomic E-state index is 6.01. The summed E-state index contributed by atoms with van der Waals surface area (Å²) in [4.78, 5) is 4.17. The topological polar surface area (TPSA) is 12.4 Å². The summed E-state index contributed by atoms with van der Waals surface area (Å²) < 4.78 is 0.948. The van der Waals surface area contributed by atoms with Crippen LogP contribution in [-0.4, -0.2) is 6.21 Å². The van der Waals surface area contributed by atoms with Crippen molar-refractivity contribution in [2.45, 2.75) is 6.42 Å². The highest BCUT2D eigenvalue weighted by atomic mass is 79.9. The molecular formula is C8H5BrClN. The molecule has 0 saturated carbocycles. The molecule has 1 aliphatic heterocycles. The van der Waals surface area contributed by atoms with Gasteiger partial charge < -0.3 is 0 Å². The van der Waals surface area contributed by atoms with Crippen LogP contribution in [0.3, 0.4) is 0 Å². The van der Waals surface area contributed by atoms with E-state index in [1.165, 1.54) is 0 Å². The summed E-state index contributed by atoms with van der Waals surface area (Å²) in [5, 5.41) is 0.792. The van der Waals surface area contributed by atoms with E-state index >= 15 is 0 Å². The third kappa shape index (κ3) is 1.10. The Balaban J connectivity index is 2.67.